The van der Waals surface area contributed by atoms with Gasteiger partial charge >= 0.3 is 0 Å². The Labute approximate surface area is 196 Å². The van der Waals surface area contributed by atoms with E-state index in [-0.39, 0.29) is 6.54 Å². The Morgan fingerprint density at radius 1 is 0.970 bits per heavy atom. The molecule has 1 heterocycles. The number of rotatable bonds is 13. The second-order valence-electron chi connectivity index (χ2n) is 8.71. The van der Waals surface area contributed by atoms with Crippen molar-refractivity contribution >= 4 is 10.8 Å². The number of hydrogen-bond donors (Lipinski definition) is 2. The fourth-order valence-electron chi connectivity index (χ4n) is 4.24. The van der Waals surface area contributed by atoms with Gasteiger partial charge in [-0.15, -0.1) is 0 Å². The van der Waals surface area contributed by atoms with Crippen LogP contribution in [0.5, 0.6) is 0 Å². The van der Waals surface area contributed by atoms with E-state index in [4.69, 9.17) is 31.2 Å². The first-order valence-corrected chi connectivity index (χ1v) is 12.0. The minimum absolute atomic E-state index is 0.108. The number of hydrogen-bond acceptors (Lipinski definition) is 6. The van der Waals surface area contributed by atoms with Crippen molar-refractivity contribution in [3.05, 3.63) is 58.5 Å². The van der Waals surface area contributed by atoms with Crippen LogP contribution in [0.3, 0.4) is 0 Å². The molecule has 5 atom stereocenters. The molecular formula is C25H37N5O3. The molecule has 33 heavy (non-hydrogen) atoms. The molecule has 180 valence electrons. The molecule has 0 radical (unpaired) electrons. The SMILES string of the molecule is CCCCCCCCO[C@H]1[C@@H](N)[C@@H](CN=[N+]=[N-])O[C@H](OCc2ccc3ccccc3c2)[C@@H]1N. The highest BCUT2D eigenvalue weighted by Gasteiger charge is 2.43. The van der Waals surface area contributed by atoms with E-state index >= 15 is 0 Å². The first kappa shape index (κ1) is 25.4. The van der Waals surface area contributed by atoms with Crippen LogP contribution in [0.4, 0.5) is 0 Å². The molecule has 1 aliphatic rings. The zero-order chi connectivity index (χ0) is 23.5. The van der Waals surface area contributed by atoms with Crippen molar-refractivity contribution in [1.29, 1.82) is 0 Å². The van der Waals surface area contributed by atoms with Crippen molar-refractivity contribution < 1.29 is 14.2 Å². The molecule has 2 aromatic carbocycles. The van der Waals surface area contributed by atoms with E-state index in [1.165, 1.54) is 31.1 Å². The fraction of sp³-hybridized carbons (Fsp3) is 0.600. The molecule has 2 aromatic rings. The molecule has 0 spiro atoms. The van der Waals surface area contributed by atoms with Crippen LogP contribution < -0.4 is 11.5 Å². The quantitative estimate of drug-likeness (QED) is 0.194. The van der Waals surface area contributed by atoms with Crippen LogP contribution in [0.1, 0.15) is 51.0 Å². The summed E-state index contributed by atoms with van der Waals surface area (Å²) in [5, 5.41) is 5.98. The van der Waals surface area contributed by atoms with Crippen molar-refractivity contribution in [3.8, 4) is 0 Å². The number of nitrogens with two attached hydrogens (primary N) is 2. The summed E-state index contributed by atoms with van der Waals surface area (Å²) in [4.78, 5) is 2.84. The fourth-order valence-corrected chi connectivity index (χ4v) is 4.24. The maximum Gasteiger partial charge on any atom is 0.176 e. The van der Waals surface area contributed by atoms with Gasteiger partial charge in [-0.25, -0.2) is 0 Å². The third-order valence-corrected chi connectivity index (χ3v) is 6.17. The number of nitrogens with zero attached hydrogens (tertiary/aromatic N) is 3. The molecule has 0 bridgehead atoms. The number of unbranched alkanes of at least 4 members (excludes halogenated alkanes) is 5. The van der Waals surface area contributed by atoms with Crippen LogP contribution in [0.15, 0.2) is 47.6 Å². The van der Waals surface area contributed by atoms with Gasteiger partial charge in [0.2, 0.25) is 0 Å². The Hall–Kier alpha value is -2.19. The van der Waals surface area contributed by atoms with E-state index < -0.39 is 30.6 Å². The number of benzene rings is 2. The zero-order valence-electron chi connectivity index (χ0n) is 19.5. The summed E-state index contributed by atoms with van der Waals surface area (Å²) >= 11 is 0. The van der Waals surface area contributed by atoms with Gasteiger partial charge in [0.25, 0.3) is 0 Å². The summed E-state index contributed by atoms with van der Waals surface area (Å²) in [5.41, 5.74) is 22.6. The largest absolute Gasteiger partial charge is 0.375 e. The lowest BCUT2D eigenvalue weighted by molar-refractivity contribution is -0.240. The summed E-state index contributed by atoms with van der Waals surface area (Å²) in [6.07, 6.45) is 5.40. The minimum Gasteiger partial charge on any atom is -0.375 e. The highest BCUT2D eigenvalue weighted by atomic mass is 16.7. The molecule has 0 aliphatic carbocycles. The molecule has 4 N–H and O–H groups in total. The minimum atomic E-state index is -0.704. The Balaban J connectivity index is 1.59. The van der Waals surface area contributed by atoms with E-state index in [1.807, 2.05) is 18.2 Å². The first-order chi connectivity index (χ1) is 16.1. The monoisotopic (exact) mass is 455 g/mol. The topological polar surface area (TPSA) is 128 Å². The summed E-state index contributed by atoms with van der Waals surface area (Å²) in [7, 11) is 0. The van der Waals surface area contributed by atoms with Crippen LogP contribution in [0.25, 0.3) is 21.2 Å². The standard InChI is InChI=1S/C25H37N5O3/c1-2-3-4-5-6-9-14-31-24-22(26)21(16-29-30-28)33-25(23(24)27)32-17-18-12-13-19-10-7-8-11-20(19)15-18/h7-8,10-13,15,21-25H,2-6,9,14,16-17,26-27H2,1H3/t21-,22+,23-,24+,25+/m1/s1. The summed E-state index contributed by atoms with van der Waals surface area (Å²) in [5.74, 6) is 0. The summed E-state index contributed by atoms with van der Waals surface area (Å²) < 4.78 is 18.2. The van der Waals surface area contributed by atoms with Crippen molar-refractivity contribution in [1.82, 2.24) is 0 Å². The molecule has 0 amide bonds. The molecule has 8 heteroatoms. The number of ether oxygens (including phenoxy) is 3. The molecule has 1 aliphatic heterocycles. The van der Waals surface area contributed by atoms with Crippen LogP contribution in [-0.2, 0) is 20.8 Å². The van der Waals surface area contributed by atoms with Crippen LogP contribution in [0.2, 0.25) is 0 Å². The third-order valence-electron chi connectivity index (χ3n) is 6.17. The van der Waals surface area contributed by atoms with Gasteiger partial charge in [0.1, 0.15) is 0 Å². The Morgan fingerprint density at radius 2 is 1.73 bits per heavy atom. The van der Waals surface area contributed by atoms with Crippen molar-refractivity contribution in [2.75, 3.05) is 13.2 Å². The molecule has 8 nitrogen and oxygen atoms in total. The van der Waals surface area contributed by atoms with Crippen molar-refractivity contribution in [3.63, 3.8) is 0 Å². The predicted octanol–water partition coefficient (Wildman–Crippen LogP) is 4.79. The predicted molar refractivity (Wildman–Crippen MR) is 130 cm³/mol. The van der Waals surface area contributed by atoms with Crippen LogP contribution in [0, 0.1) is 0 Å². The van der Waals surface area contributed by atoms with Gasteiger partial charge in [0.15, 0.2) is 6.29 Å². The second-order valence-corrected chi connectivity index (χ2v) is 8.71. The lowest BCUT2D eigenvalue weighted by Crippen LogP contribution is -2.66. The van der Waals surface area contributed by atoms with E-state index in [2.05, 4.69) is 41.2 Å². The number of fused-ring (bicyclic) bond motifs is 1. The molecule has 0 unspecified atom stereocenters. The van der Waals surface area contributed by atoms with Gasteiger partial charge in [-0.2, -0.15) is 0 Å². The Kier molecular flexibility index (Phi) is 10.4. The smallest absolute Gasteiger partial charge is 0.176 e. The number of azide groups is 1. The lowest BCUT2D eigenvalue weighted by Gasteiger charge is -2.43. The average Bonchev–Trinajstić information content (AvgIpc) is 2.84. The maximum atomic E-state index is 8.74. The third kappa shape index (κ3) is 7.40. The van der Waals surface area contributed by atoms with Gasteiger partial charge in [-0.1, -0.05) is 80.5 Å². The van der Waals surface area contributed by atoms with E-state index in [0.29, 0.717) is 13.2 Å². The van der Waals surface area contributed by atoms with Crippen molar-refractivity contribution in [2.24, 2.45) is 16.6 Å². The van der Waals surface area contributed by atoms with Crippen molar-refractivity contribution in [2.45, 2.75) is 82.6 Å². The highest BCUT2D eigenvalue weighted by Crippen LogP contribution is 2.24. The molecule has 1 saturated heterocycles. The molecular weight excluding hydrogens is 418 g/mol. The molecule has 3 rings (SSSR count). The summed E-state index contributed by atoms with van der Waals surface area (Å²) in [6.45, 7) is 3.25. The molecule has 0 saturated carbocycles. The van der Waals surface area contributed by atoms with Gasteiger partial charge in [0, 0.05) is 11.5 Å². The van der Waals surface area contributed by atoms with Crippen LogP contribution in [-0.4, -0.2) is 43.7 Å². The molecule has 0 aromatic heterocycles. The average molecular weight is 456 g/mol. The Bertz CT molecular complexity index is 904. The summed E-state index contributed by atoms with van der Waals surface area (Å²) in [6, 6.07) is 13.4. The maximum absolute atomic E-state index is 8.74. The van der Waals surface area contributed by atoms with E-state index in [9.17, 15) is 0 Å². The van der Waals surface area contributed by atoms with Gasteiger partial charge in [0.05, 0.1) is 37.4 Å². The molecule has 1 fully saturated rings. The highest BCUT2D eigenvalue weighted by molar-refractivity contribution is 5.82. The van der Waals surface area contributed by atoms with Gasteiger partial charge in [-0.05, 0) is 34.4 Å². The first-order valence-electron chi connectivity index (χ1n) is 12.0. The lowest BCUT2D eigenvalue weighted by atomic mass is 9.95. The zero-order valence-corrected chi connectivity index (χ0v) is 19.5. The van der Waals surface area contributed by atoms with Gasteiger partial charge < -0.3 is 25.7 Å². The van der Waals surface area contributed by atoms with Gasteiger partial charge in [-0.3, -0.25) is 0 Å². The van der Waals surface area contributed by atoms with E-state index in [0.717, 1.165) is 23.8 Å². The van der Waals surface area contributed by atoms with Crippen LogP contribution >= 0.6 is 0 Å². The van der Waals surface area contributed by atoms with E-state index in [1.54, 1.807) is 0 Å². The second kappa shape index (κ2) is 13.5. The Morgan fingerprint density at radius 3 is 2.52 bits per heavy atom. The normalized spacial score (nSPS) is 25.1.